The number of rotatable bonds is 4. The first-order chi connectivity index (χ1) is 8.29. The van der Waals surface area contributed by atoms with Crippen molar-refractivity contribution in [1.82, 2.24) is 4.57 Å². The van der Waals surface area contributed by atoms with Crippen molar-refractivity contribution in [3.05, 3.63) is 54.6 Å². The number of nitrogens with zero attached hydrogens (tertiary/aromatic N) is 3. The van der Waals surface area contributed by atoms with Gasteiger partial charge >= 0.3 is 0 Å². The molecule has 0 N–H and O–H groups in total. The van der Waals surface area contributed by atoms with E-state index in [2.05, 4.69) is 22.8 Å². The largest absolute Gasteiger partial charge is 1.00 e. The van der Waals surface area contributed by atoms with Gasteiger partial charge in [-0.3, -0.25) is 0 Å². The van der Waals surface area contributed by atoms with E-state index in [9.17, 15) is 0 Å². The van der Waals surface area contributed by atoms with Gasteiger partial charge in [-0.15, -0.1) is 0 Å². The monoisotopic (exact) mass is 353 g/mol. The van der Waals surface area contributed by atoms with Gasteiger partial charge in [0.05, 0.1) is 19.5 Å². The Morgan fingerprint density at radius 1 is 1.33 bits per heavy atom. The summed E-state index contributed by atoms with van der Waals surface area (Å²) in [5, 5.41) is 8.91. The average Bonchev–Trinajstić information content (AvgIpc) is 2.77. The van der Waals surface area contributed by atoms with Crippen molar-refractivity contribution >= 4 is 0 Å². The van der Waals surface area contributed by atoms with Crippen LogP contribution in [-0.2, 0) is 13.5 Å². The molecular formula is C14H16IN3. The molecule has 0 amide bonds. The summed E-state index contributed by atoms with van der Waals surface area (Å²) < 4.78 is 4.10. The fraction of sp³-hybridized carbons (Fsp3) is 0.286. The molecule has 0 saturated heterocycles. The number of aromatic nitrogens is 2. The van der Waals surface area contributed by atoms with E-state index in [1.165, 1.54) is 5.56 Å². The molecule has 1 aromatic heterocycles. The average molecular weight is 353 g/mol. The SMILES string of the molecule is C[n+]1ccn(C(CC#N)Cc2ccccc2)c1.[I-]. The second-order valence-corrected chi connectivity index (χ2v) is 4.23. The van der Waals surface area contributed by atoms with Gasteiger partial charge in [0.2, 0.25) is 6.33 Å². The van der Waals surface area contributed by atoms with Gasteiger partial charge in [0, 0.05) is 6.42 Å². The molecule has 0 saturated carbocycles. The van der Waals surface area contributed by atoms with Crippen molar-refractivity contribution in [3.8, 4) is 6.07 Å². The molecule has 18 heavy (non-hydrogen) atoms. The van der Waals surface area contributed by atoms with Crippen LogP contribution in [0.15, 0.2) is 49.1 Å². The summed E-state index contributed by atoms with van der Waals surface area (Å²) in [5.41, 5.74) is 1.27. The van der Waals surface area contributed by atoms with Crippen molar-refractivity contribution in [1.29, 1.82) is 5.26 Å². The van der Waals surface area contributed by atoms with E-state index in [1.54, 1.807) is 0 Å². The predicted octanol–water partition coefficient (Wildman–Crippen LogP) is -0.986. The second kappa shape index (κ2) is 7.17. The van der Waals surface area contributed by atoms with E-state index >= 15 is 0 Å². The molecule has 0 aliphatic rings. The summed E-state index contributed by atoms with van der Waals surface area (Å²) >= 11 is 0. The smallest absolute Gasteiger partial charge is 0.243 e. The van der Waals surface area contributed by atoms with Crippen LogP contribution in [0, 0.1) is 11.3 Å². The first kappa shape index (κ1) is 14.7. The first-order valence-corrected chi connectivity index (χ1v) is 5.73. The Morgan fingerprint density at radius 2 is 2.06 bits per heavy atom. The molecular weight excluding hydrogens is 337 g/mol. The van der Waals surface area contributed by atoms with Gasteiger partial charge < -0.3 is 24.0 Å². The van der Waals surface area contributed by atoms with Gasteiger partial charge in [0.1, 0.15) is 18.4 Å². The minimum absolute atomic E-state index is 0. The van der Waals surface area contributed by atoms with E-state index < -0.39 is 0 Å². The van der Waals surface area contributed by atoms with Gasteiger partial charge in [-0.2, -0.15) is 5.26 Å². The lowest BCUT2D eigenvalue weighted by molar-refractivity contribution is -0.671. The summed E-state index contributed by atoms with van der Waals surface area (Å²) in [7, 11) is 1.99. The van der Waals surface area contributed by atoms with Gasteiger partial charge in [-0.25, -0.2) is 9.13 Å². The number of hydrogen-bond donors (Lipinski definition) is 0. The minimum Gasteiger partial charge on any atom is -1.00 e. The van der Waals surface area contributed by atoms with E-state index in [4.69, 9.17) is 5.26 Å². The zero-order valence-electron chi connectivity index (χ0n) is 10.3. The van der Waals surface area contributed by atoms with Gasteiger partial charge in [-0.05, 0) is 5.56 Å². The van der Waals surface area contributed by atoms with Gasteiger partial charge in [0.25, 0.3) is 0 Å². The van der Waals surface area contributed by atoms with Gasteiger partial charge in [-0.1, -0.05) is 30.3 Å². The zero-order chi connectivity index (χ0) is 12.1. The lowest BCUT2D eigenvalue weighted by Crippen LogP contribution is -3.00. The highest BCUT2D eigenvalue weighted by Crippen LogP contribution is 2.16. The molecule has 0 aliphatic heterocycles. The molecule has 4 heteroatoms. The highest BCUT2D eigenvalue weighted by molar-refractivity contribution is 5.16. The molecule has 3 nitrogen and oxygen atoms in total. The highest BCUT2D eigenvalue weighted by atomic mass is 127. The van der Waals surface area contributed by atoms with E-state index in [1.807, 2.05) is 48.5 Å². The van der Waals surface area contributed by atoms with Crippen LogP contribution in [0.3, 0.4) is 0 Å². The predicted molar refractivity (Wildman–Crippen MR) is 65.0 cm³/mol. The Labute approximate surface area is 125 Å². The van der Waals surface area contributed by atoms with Crippen molar-refractivity contribution in [2.45, 2.75) is 18.9 Å². The Morgan fingerprint density at radius 3 is 2.61 bits per heavy atom. The minimum atomic E-state index is 0. The molecule has 1 atom stereocenters. The number of halogens is 1. The summed E-state index contributed by atoms with van der Waals surface area (Å²) in [4.78, 5) is 0. The third kappa shape index (κ3) is 3.84. The number of nitriles is 1. The van der Waals surface area contributed by atoms with E-state index in [-0.39, 0.29) is 30.0 Å². The number of aryl methyl sites for hydroxylation is 1. The fourth-order valence-corrected chi connectivity index (χ4v) is 1.96. The topological polar surface area (TPSA) is 32.6 Å². The summed E-state index contributed by atoms with van der Waals surface area (Å²) in [6.45, 7) is 0. The first-order valence-electron chi connectivity index (χ1n) is 5.73. The van der Waals surface area contributed by atoms with Crippen LogP contribution in [0.2, 0.25) is 0 Å². The van der Waals surface area contributed by atoms with Gasteiger partial charge in [0.15, 0.2) is 0 Å². The molecule has 0 fully saturated rings. The van der Waals surface area contributed by atoms with Crippen LogP contribution in [0.25, 0.3) is 0 Å². The number of hydrogen-bond acceptors (Lipinski definition) is 1. The Bertz CT molecular complexity index is 513. The lowest BCUT2D eigenvalue weighted by Gasteiger charge is -2.10. The van der Waals surface area contributed by atoms with Crippen molar-refractivity contribution in [3.63, 3.8) is 0 Å². The Balaban J connectivity index is 0.00000162. The van der Waals surface area contributed by atoms with E-state index in [0.717, 1.165) is 6.42 Å². The number of imidazole rings is 1. The molecule has 0 spiro atoms. The molecule has 0 bridgehead atoms. The summed E-state index contributed by atoms with van der Waals surface area (Å²) in [6.07, 6.45) is 7.46. The highest BCUT2D eigenvalue weighted by Gasteiger charge is 2.16. The lowest BCUT2D eigenvalue weighted by atomic mass is 10.0. The molecule has 1 unspecified atom stereocenters. The second-order valence-electron chi connectivity index (χ2n) is 4.23. The fourth-order valence-electron chi connectivity index (χ4n) is 1.96. The molecule has 0 radical (unpaired) electrons. The van der Waals surface area contributed by atoms with E-state index in [0.29, 0.717) is 6.42 Å². The quantitative estimate of drug-likeness (QED) is 0.514. The van der Waals surface area contributed by atoms with Crippen LogP contribution in [-0.4, -0.2) is 4.57 Å². The van der Waals surface area contributed by atoms with Crippen LogP contribution in [0.1, 0.15) is 18.0 Å². The maximum atomic E-state index is 8.91. The van der Waals surface area contributed by atoms with Crippen LogP contribution in [0.4, 0.5) is 0 Å². The molecule has 94 valence electrons. The van der Waals surface area contributed by atoms with Crippen molar-refractivity contribution in [2.75, 3.05) is 0 Å². The number of benzene rings is 1. The van der Waals surface area contributed by atoms with Crippen LogP contribution >= 0.6 is 0 Å². The summed E-state index contributed by atoms with van der Waals surface area (Å²) in [5.74, 6) is 0. The Kier molecular flexibility index (Phi) is 5.86. The van der Waals surface area contributed by atoms with Crippen molar-refractivity contribution in [2.24, 2.45) is 7.05 Å². The van der Waals surface area contributed by atoms with Crippen LogP contribution < -0.4 is 28.5 Å². The molecule has 0 aliphatic carbocycles. The third-order valence-electron chi connectivity index (χ3n) is 2.85. The van der Waals surface area contributed by atoms with Crippen molar-refractivity contribution < 1.29 is 28.5 Å². The zero-order valence-corrected chi connectivity index (χ0v) is 12.5. The third-order valence-corrected chi connectivity index (χ3v) is 2.85. The summed E-state index contributed by atoms with van der Waals surface area (Å²) in [6, 6.07) is 12.8. The van der Waals surface area contributed by atoms with Crippen LogP contribution in [0.5, 0.6) is 0 Å². The maximum Gasteiger partial charge on any atom is 0.243 e. The molecule has 1 aromatic carbocycles. The maximum absolute atomic E-state index is 8.91. The normalized spacial score (nSPS) is 11.3. The molecule has 2 aromatic rings. The Hall–Kier alpha value is -1.35. The molecule has 1 heterocycles. The molecule has 2 rings (SSSR count). The standard InChI is InChI=1S/C14H16N3.HI/c1-16-9-10-17(12-16)14(7-8-15)11-13-5-3-2-4-6-13;/h2-6,9-10,12,14H,7,11H2,1H3;1H/q+1;/p-1.